The fourth-order valence-electron chi connectivity index (χ4n) is 1.11. The van der Waals surface area contributed by atoms with Crippen molar-refractivity contribution in [3.63, 3.8) is 0 Å². The van der Waals surface area contributed by atoms with Crippen LogP contribution in [-0.2, 0) is 30.9 Å². The van der Waals surface area contributed by atoms with E-state index in [1.54, 1.807) is 0 Å². The zero-order valence-electron chi connectivity index (χ0n) is 11.1. The molecule has 0 aromatic rings. The molecule has 9 N–H and O–H groups in total. The van der Waals surface area contributed by atoms with Gasteiger partial charge in [-0.2, -0.15) is 0 Å². The van der Waals surface area contributed by atoms with Gasteiger partial charge in [-0.15, -0.1) is 0 Å². The molecule has 10 nitrogen and oxygen atoms in total. The van der Waals surface area contributed by atoms with Crippen molar-refractivity contribution >= 4 is 17.7 Å². The van der Waals surface area contributed by atoms with E-state index in [2.05, 4.69) is 10.6 Å². The van der Waals surface area contributed by atoms with Crippen LogP contribution in [0.5, 0.6) is 0 Å². The number of allylic oxidation sites excluding steroid dienone is 3. The Balaban J connectivity index is -0.000000405. The summed E-state index contributed by atoms with van der Waals surface area (Å²) < 4.78 is 0. The Morgan fingerprint density at radius 3 is 2.32 bits per heavy atom. The third-order valence-electron chi connectivity index (χ3n) is 1.90. The first-order valence-electron chi connectivity index (χ1n) is 4.98. The van der Waals surface area contributed by atoms with Crippen LogP contribution >= 0.6 is 0 Å². The summed E-state index contributed by atoms with van der Waals surface area (Å²) in [6.45, 7) is -0.761. The van der Waals surface area contributed by atoms with Crippen LogP contribution in [0.4, 0.5) is 0 Å². The molecule has 22 heavy (non-hydrogen) atoms. The van der Waals surface area contributed by atoms with E-state index in [0.29, 0.717) is 5.57 Å². The first kappa shape index (κ1) is 28.0. The van der Waals surface area contributed by atoms with Gasteiger partial charge in [0.05, 0.1) is 12.5 Å². The molecule has 0 unspecified atom stereocenters. The maximum Gasteiger partial charge on any atom is 0.285 e. The molecule has 0 radical (unpaired) electrons. The van der Waals surface area contributed by atoms with E-state index < -0.39 is 18.4 Å². The minimum Gasteiger partial charge on any atom is -0.643 e. The van der Waals surface area contributed by atoms with Gasteiger partial charge in [0.25, 0.3) is 5.97 Å². The minimum atomic E-state index is -1.18. The van der Waals surface area contributed by atoms with E-state index in [1.165, 1.54) is 18.4 Å². The second-order valence-corrected chi connectivity index (χ2v) is 3.35. The number of aliphatic carboxylic acids is 1. The number of carboxylic acids is 1. The van der Waals surface area contributed by atoms with E-state index >= 15 is 0 Å². The number of nitrogens with one attached hydrogen (secondary N) is 1. The van der Waals surface area contributed by atoms with Crippen molar-refractivity contribution < 1.29 is 57.5 Å². The van der Waals surface area contributed by atoms with Gasteiger partial charge in [0.1, 0.15) is 5.76 Å². The molecule has 0 atom stereocenters. The number of hydrogen-bond acceptors (Lipinski definition) is 5. The predicted molar refractivity (Wildman–Crippen MR) is 72.7 cm³/mol. The smallest absolute Gasteiger partial charge is 0.285 e. The number of ketones is 1. The van der Waals surface area contributed by atoms with E-state index in [9.17, 15) is 19.5 Å². The quantitative estimate of drug-likeness (QED) is 0.450. The maximum atomic E-state index is 11.1. The van der Waals surface area contributed by atoms with Crippen molar-refractivity contribution in [3.05, 3.63) is 41.1 Å². The van der Waals surface area contributed by atoms with Gasteiger partial charge in [-0.25, -0.2) is 0 Å². The average Bonchev–Trinajstić information content (AvgIpc) is 2.29. The largest absolute Gasteiger partial charge is 0.643 e. The molecule has 1 aliphatic rings. The normalized spacial score (nSPS) is 13.4. The van der Waals surface area contributed by atoms with Gasteiger partial charge in [0.15, 0.2) is 5.78 Å². The summed E-state index contributed by atoms with van der Waals surface area (Å²) >= 11 is 0. The molecule has 0 saturated heterocycles. The number of amides is 1. The van der Waals surface area contributed by atoms with Crippen LogP contribution in [0.15, 0.2) is 35.8 Å². The molecule has 1 rings (SSSR count). The number of carbonyl (C=O) groups excluding carboxylic acids is 2. The second-order valence-electron chi connectivity index (χ2n) is 3.35. The molecular weight excluding hydrogens is 347 g/mol. The van der Waals surface area contributed by atoms with Gasteiger partial charge in [0, 0.05) is 34.3 Å². The van der Waals surface area contributed by atoms with Crippen molar-refractivity contribution in [2.24, 2.45) is 0 Å². The standard InChI is InChI=1S/C11H12N2O5.Ni.3H2O/c14-8-2-1-7(9(15)3-8)4-12-5-10(16)13-6-11(17)18;;;;/h1-4H,5-6H2,(H4,12,13,14,15,16,17,18);;3*1H2/p-1. The van der Waals surface area contributed by atoms with Crippen LogP contribution in [0.2, 0.25) is 0 Å². The number of hydrogen-bond donors (Lipinski definition) is 3. The Bertz CT molecular complexity index is 473. The second kappa shape index (κ2) is 13.8. The monoisotopic (exact) mass is 363 g/mol. The first-order chi connectivity index (χ1) is 8.49. The van der Waals surface area contributed by atoms with Crippen LogP contribution in [-0.4, -0.2) is 57.4 Å². The number of rotatable bonds is 5. The Kier molecular flexibility index (Phi) is 17.5. The summed E-state index contributed by atoms with van der Waals surface area (Å²) in [5.41, 5.74) is 0.348. The number of aliphatic hydroxyl groups is 1. The zero-order valence-corrected chi connectivity index (χ0v) is 12.1. The van der Waals surface area contributed by atoms with Crippen molar-refractivity contribution in [2.45, 2.75) is 0 Å². The van der Waals surface area contributed by atoms with Gasteiger partial charge in [-0.3, -0.25) is 9.59 Å². The van der Waals surface area contributed by atoms with E-state index in [1.807, 2.05) is 0 Å². The number of carbonyl (C=O) groups is 3. The topological polar surface area (TPSA) is 212 Å². The van der Waals surface area contributed by atoms with Gasteiger partial charge in [-0.1, -0.05) is 0 Å². The number of nitrogens with zero attached hydrogens (tertiary/aromatic N) is 1. The fraction of sp³-hybridized carbons (Fsp3) is 0.182. The summed E-state index contributed by atoms with van der Waals surface area (Å²) in [6, 6.07) is 0. The number of aliphatic hydroxyl groups excluding tert-OH is 1. The molecule has 0 aromatic heterocycles. The third-order valence-corrected chi connectivity index (χ3v) is 1.90. The molecule has 0 fully saturated rings. The molecule has 1 amide bonds. The van der Waals surface area contributed by atoms with Crippen molar-refractivity contribution in [3.8, 4) is 0 Å². The summed E-state index contributed by atoms with van der Waals surface area (Å²) in [7, 11) is 0. The minimum absolute atomic E-state index is 0. The molecule has 0 heterocycles. The van der Waals surface area contributed by atoms with Gasteiger partial charge in [-0.05, 0) is 18.7 Å². The van der Waals surface area contributed by atoms with E-state index in [-0.39, 0.29) is 51.0 Å². The van der Waals surface area contributed by atoms with E-state index in [0.717, 1.165) is 6.08 Å². The van der Waals surface area contributed by atoms with Crippen LogP contribution in [0.25, 0.3) is 5.32 Å². The molecule has 0 aromatic carbocycles. The van der Waals surface area contributed by atoms with Crippen LogP contribution in [0, 0.1) is 0 Å². The Morgan fingerprint density at radius 1 is 1.23 bits per heavy atom. The van der Waals surface area contributed by atoms with Gasteiger partial charge >= 0.3 is 0 Å². The third kappa shape index (κ3) is 10.6. The average molecular weight is 364 g/mol. The summed E-state index contributed by atoms with van der Waals surface area (Å²) in [5, 5.41) is 23.5. The molecule has 0 spiro atoms. The summed E-state index contributed by atoms with van der Waals surface area (Å²) in [4.78, 5) is 32.0. The summed E-state index contributed by atoms with van der Waals surface area (Å²) in [5.74, 6) is -2.33. The van der Waals surface area contributed by atoms with Crippen LogP contribution < -0.4 is 5.32 Å². The Hall–Kier alpha value is -2.20. The fourth-order valence-corrected chi connectivity index (χ4v) is 1.11. The molecule has 11 heteroatoms. The molecule has 0 saturated carbocycles. The van der Waals surface area contributed by atoms with E-state index in [4.69, 9.17) is 5.11 Å². The maximum absolute atomic E-state index is 11.1. The van der Waals surface area contributed by atoms with Crippen LogP contribution in [0.1, 0.15) is 0 Å². The first-order valence-corrected chi connectivity index (χ1v) is 4.98. The number of carboxylic acid groups (broad SMARTS) is 1. The van der Waals surface area contributed by atoms with Crippen molar-refractivity contribution in [2.75, 3.05) is 13.1 Å². The van der Waals surface area contributed by atoms with Crippen molar-refractivity contribution in [1.29, 1.82) is 0 Å². The SMILES string of the molecule is O.O.O.O=C1C=C/C(=C/NCC(=O)[N-]CC(=O)O)C(O)=C1.[Ni]. The molecular formula is C11H17N2NiO8-. The zero-order chi connectivity index (χ0) is 13.5. The summed E-state index contributed by atoms with van der Waals surface area (Å²) in [6.07, 6.45) is 5.04. The molecule has 1 aliphatic carbocycles. The molecule has 0 aliphatic heterocycles. The van der Waals surface area contributed by atoms with Crippen molar-refractivity contribution in [1.82, 2.24) is 5.32 Å². The van der Waals surface area contributed by atoms with Gasteiger partial charge < -0.3 is 42.1 Å². The van der Waals surface area contributed by atoms with Gasteiger partial charge in [0.2, 0.25) is 0 Å². The molecule has 130 valence electrons. The molecule has 0 bridgehead atoms. The Morgan fingerprint density at radius 2 is 1.82 bits per heavy atom. The predicted octanol–water partition coefficient (Wildman–Crippen LogP) is -2.45. The van der Waals surface area contributed by atoms with Crippen LogP contribution in [0.3, 0.4) is 0 Å². The Labute approximate surface area is 135 Å².